The van der Waals surface area contributed by atoms with Crippen molar-refractivity contribution in [3.63, 3.8) is 0 Å². The summed E-state index contributed by atoms with van der Waals surface area (Å²) in [5.74, 6) is 0.640. The number of allylic oxidation sites excluding steroid dienone is 1. The van der Waals surface area contributed by atoms with Gasteiger partial charge in [0.05, 0.1) is 78.1 Å². The number of aromatic nitrogens is 4. The molecular formula is C69H86Cl2F5N15O4S4. The van der Waals surface area contributed by atoms with Crippen LogP contribution in [0.25, 0.3) is 21.5 Å². The Bertz CT molecular complexity index is 3900. The number of halogens is 7. The SMILES string of the molecule is CN(C/C=C/C(=O)N1CCN(c2nc(OC[C@@H]3CCCN3C)nc3c2CCN(c2cccc4cccc(Cl)c24)C3)C[C@@H]1CC#N)CC(F)(F)F.CN1CCC[C@H]1COc1nc2c(c(N3CCN(C(=O)/C=C/C(F)F)[C@@H](CC#N)C3)n1)CCN(c1cccc3cccc(Cl)c13)C2.S.S.S.S. The summed E-state index contributed by atoms with van der Waals surface area (Å²) in [6.45, 7) is 6.65. The van der Waals surface area contributed by atoms with E-state index in [1.165, 1.54) is 24.1 Å². The Morgan fingerprint density at radius 2 is 1.05 bits per heavy atom. The third-order valence-electron chi connectivity index (χ3n) is 18.8. The molecule has 4 fully saturated rings. The van der Waals surface area contributed by atoms with E-state index < -0.39 is 37.1 Å². The maximum Gasteiger partial charge on any atom is 0.401 e. The minimum absolute atomic E-state index is 0. The molecule has 4 aromatic carbocycles. The van der Waals surface area contributed by atoms with Gasteiger partial charge in [0.25, 0.3) is 6.43 Å². The number of fused-ring (bicyclic) bond motifs is 4. The van der Waals surface area contributed by atoms with Crippen molar-refractivity contribution < 1.29 is 41.0 Å². The molecule has 0 radical (unpaired) electrons. The fraction of sp³-hybridized carbons (Fsp3) is 0.478. The summed E-state index contributed by atoms with van der Waals surface area (Å²) in [4.78, 5) is 63.3. The van der Waals surface area contributed by atoms with Crippen LogP contribution in [0.1, 0.15) is 61.0 Å². The standard InChI is InChI=1S/C36H42ClF3N8O2.C33H36ClF2N7O2.4H2S/c1-44(24-36(38,39)40)16-6-12-32(49)48-20-19-47(21-26(48)13-15-41)34-28-14-18-46(31-11-4-8-25-7-3-10-29(37)33(25)31)22-30(28)42-35(43-34)50-23-27-9-5-17-45(27)2;1-40-15-4-7-24(40)21-45-33-38-27-20-41(28-9-3-6-22-5-2-8-26(34)31(22)28)16-13-25(27)32(39-33)42-17-18-43(23(19-42)12-14-37)30(44)11-10-29(35)36;;;;/h3-4,6-8,10-12,26-27H,5,9,13-14,16-24H2,1-2H3;2-3,5-6,8-11,23-24,29H,4,7,12-13,15-21H2,1H3;4*1H2/b12-6+;11-10+;;;;/t26-,27-;23-,24-;;;;/m00..../s1. The van der Waals surface area contributed by atoms with Gasteiger partial charge in [-0.15, -0.1) is 0 Å². The Hall–Kier alpha value is -6.73. The summed E-state index contributed by atoms with van der Waals surface area (Å²) in [5.41, 5.74) is 5.82. The number of nitrogens with zero attached hydrogens (tertiary/aromatic N) is 15. The first-order chi connectivity index (χ1) is 45.8. The monoisotopic (exact) mass is 1480 g/mol. The lowest BCUT2D eigenvalue weighted by atomic mass is 10.0. The Labute approximate surface area is 613 Å². The van der Waals surface area contributed by atoms with Crippen LogP contribution in [0.2, 0.25) is 10.0 Å². The van der Waals surface area contributed by atoms with Crippen LogP contribution in [0.15, 0.2) is 97.1 Å². The fourth-order valence-electron chi connectivity index (χ4n) is 13.9. The summed E-state index contributed by atoms with van der Waals surface area (Å²) >= 11 is 13.4. The molecule has 2 amide bonds. The largest absolute Gasteiger partial charge is 0.462 e. The van der Waals surface area contributed by atoms with E-state index >= 15 is 0 Å². The maximum atomic E-state index is 13.2. The topological polar surface area (TPSA) is 181 Å². The van der Waals surface area contributed by atoms with E-state index in [1.807, 2.05) is 36.4 Å². The molecule has 4 saturated heterocycles. The zero-order valence-corrected chi connectivity index (χ0v) is 61.1. The molecule has 4 atom stereocenters. The molecule has 0 aliphatic carbocycles. The van der Waals surface area contributed by atoms with Crippen LogP contribution in [0, 0.1) is 22.7 Å². The molecule has 0 bridgehead atoms. The van der Waals surface area contributed by atoms with E-state index in [2.05, 4.69) is 92.0 Å². The molecule has 0 saturated carbocycles. The van der Waals surface area contributed by atoms with Crippen molar-refractivity contribution in [3.05, 3.63) is 130 Å². The third-order valence-corrected chi connectivity index (χ3v) is 19.5. The minimum Gasteiger partial charge on any atom is -0.462 e. The highest BCUT2D eigenvalue weighted by molar-refractivity contribution is 7.59. The van der Waals surface area contributed by atoms with E-state index in [1.54, 1.807) is 4.90 Å². The van der Waals surface area contributed by atoms with Crippen LogP contribution >= 0.6 is 77.2 Å². The first kappa shape index (κ1) is 79.6. The minimum atomic E-state index is -4.32. The van der Waals surface area contributed by atoms with Crippen LogP contribution in [-0.2, 0) is 35.5 Å². The van der Waals surface area contributed by atoms with Crippen molar-refractivity contribution >= 4 is 134 Å². The Balaban J connectivity index is 0.000000269. The summed E-state index contributed by atoms with van der Waals surface area (Å²) in [6.07, 6.45) is 3.05. The first-order valence-corrected chi connectivity index (χ1v) is 33.1. The zero-order valence-electron chi connectivity index (χ0n) is 55.6. The van der Waals surface area contributed by atoms with Gasteiger partial charge >= 0.3 is 18.2 Å². The molecule has 0 unspecified atom stereocenters. The highest BCUT2D eigenvalue weighted by Gasteiger charge is 2.37. The number of anilines is 4. The van der Waals surface area contributed by atoms with E-state index in [9.17, 15) is 42.1 Å². The Morgan fingerprint density at radius 1 is 0.616 bits per heavy atom. The van der Waals surface area contributed by atoms with Gasteiger partial charge < -0.3 is 48.7 Å². The highest BCUT2D eigenvalue weighted by Crippen LogP contribution is 2.40. The molecular weight excluding hydrogens is 1400 g/mol. The number of alkyl halides is 5. The summed E-state index contributed by atoms with van der Waals surface area (Å²) in [5, 5.41) is 24.8. The van der Waals surface area contributed by atoms with Gasteiger partial charge in [0.15, 0.2) is 0 Å². The predicted octanol–water partition coefficient (Wildman–Crippen LogP) is 10.8. The van der Waals surface area contributed by atoms with Gasteiger partial charge in [0.2, 0.25) is 11.8 Å². The van der Waals surface area contributed by atoms with E-state index in [-0.39, 0.29) is 91.9 Å². The fourth-order valence-corrected chi connectivity index (χ4v) is 14.5. The second-order valence-electron chi connectivity index (χ2n) is 25.2. The van der Waals surface area contributed by atoms with Crippen molar-refractivity contribution in [2.24, 2.45) is 0 Å². The molecule has 19 nitrogen and oxygen atoms in total. The smallest absolute Gasteiger partial charge is 0.401 e. The molecule has 99 heavy (non-hydrogen) atoms. The van der Waals surface area contributed by atoms with Gasteiger partial charge in [-0.05, 0) is 114 Å². The van der Waals surface area contributed by atoms with Gasteiger partial charge in [-0.1, -0.05) is 77.8 Å². The van der Waals surface area contributed by atoms with Gasteiger partial charge in [-0.3, -0.25) is 14.5 Å². The van der Waals surface area contributed by atoms with Crippen molar-refractivity contribution in [1.29, 1.82) is 10.5 Å². The van der Waals surface area contributed by atoms with Crippen LogP contribution < -0.4 is 29.1 Å². The zero-order chi connectivity index (χ0) is 66.9. The maximum absolute atomic E-state index is 13.2. The van der Waals surface area contributed by atoms with Crippen molar-refractivity contribution in [1.82, 2.24) is 44.4 Å². The Morgan fingerprint density at radius 3 is 1.45 bits per heavy atom. The van der Waals surface area contributed by atoms with Crippen LogP contribution in [0.4, 0.5) is 45.0 Å². The average Bonchev–Trinajstić information content (AvgIpc) is 0.909. The average molecular weight is 1480 g/mol. The molecule has 30 heteroatoms. The lowest BCUT2D eigenvalue weighted by Gasteiger charge is -2.42. The normalized spacial score (nSPS) is 19.6. The number of carbonyl (C=O) groups is 2. The molecule has 6 aromatic rings. The molecule has 534 valence electrons. The number of piperazine rings is 2. The van der Waals surface area contributed by atoms with Crippen molar-refractivity contribution in [2.75, 3.05) is 132 Å². The molecule has 6 aliphatic rings. The number of likely N-dealkylation sites (N-methyl/N-ethyl adjacent to an activating group) is 3. The molecule has 2 aromatic heterocycles. The quantitative estimate of drug-likeness (QED) is 0.0585. The summed E-state index contributed by atoms with van der Waals surface area (Å²) in [6, 6.07) is 28.8. The van der Waals surface area contributed by atoms with Gasteiger partial charge in [-0.2, -0.15) is 97.6 Å². The van der Waals surface area contributed by atoms with Crippen LogP contribution in [-0.4, -0.2) is 206 Å². The highest BCUT2D eigenvalue weighted by atomic mass is 35.5. The van der Waals surface area contributed by atoms with E-state index in [0.717, 1.165) is 123 Å². The van der Waals surface area contributed by atoms with Gasteiger partial charge in [-0.25, -0.2) is 8.78 Å². The number of rotatable bonds is 18. The number of nitriles is 2. The van der Waals surface area contributed by atoms with Gasteiger partial charge in [0.1, 0.15) is 24.8 Å². The van der Waals surface area contributed by atoms with E-state index in [4.69, 9.17) is 52.6 Å². The number of hydrogen-bond acceptors (Lipinski definition) is 17. The van der Waals surface area contributed by atoms with Crippen LogP contribution in [0.5, 0.6) is 12.0 Å². The van der Waals surface area contributed by atoms with Crippen molar-refractivity contribution in [2.45, 2.75) is 101 Å². The molecule has 0 N–H and O–H groups in total. The second kappa shape index (κ2) is 36.2. The number of benzene rings is 4. The Kier molecular flexibility index (Phi) is 29.1. The van der Waals surface area contributed by atoms with Crippen LogP contribution in [0.3, 0.4) is 0 Å². The molecule has 8 heterocycles. The molecule has 6 aliphatic heterocycles. The second-order valence-corrected chi connectivity index (χ2v) is 26.0. The number of hydrogen-bond donors (Lipinski definition) is 0. The summed E-state index contributed by atoms with van der Waals surface area (Å²) in [7, 11) is 5.54. The molecule has 0 spiro atoms. The number of ether oxygens (including phenoxy) is 2. The number of likely N-dealkylation sites (tertiary alicyclic amines) is 2. The van der Waals surface area contributed by atoms with Crippen molar-refractivity contribution in [3.8, 4) is 24.2 Å². The molecule has 12 rings (SSSR count). The summed E-state index contributed by atoms with van der Waals surface area (Å²) < 4.78 is 76.2. The first-order valence-electron chi connectivity index (χ1n) is 32.4. The lowest BCUT2D eigenvalue weighted by Crippen LogP contribution is -2.55. The lowest BCUT2D eigenvalue weighted by molar-refractivity contribution is -0.141. The number of amides is 2. The number of carbonyl (C=O) groups excluding carboxylic acids is 2. The third kappa shape index (κ3) is 19.5. The van der Waals surface area contributed by atoms with Gasteiger partial charge in [0, 0.05) is 116 Å². The van der Waals surface area contributed by atoms with E-state index in [0.29, 0.717) is 113 Å². The predicted molar refractivity (Wildman–Crippen MR) is 399 cm³/mol.